The molecule has 0 saturated carbocycles. The normalized spacial score (nSPS) is 15.6. The van der Waals surface area contributed by atoms with E-state index in [-0.39, 0.29) is 17.6 Å². The van der Waals surface area contributed by atoms with Crippen LogP contribution >= 0.6 is 11.3 Å². The van der Waals surface area contributed by atoms with Crippen molar-refractivity contribution in [1.29, 1.82) is 0 Å². The van der Waals surface area contributed by atoms with E-state index in [4.69, 9.17) is 9.47 Å². The number of carbonyl (C=O) groups excluding carboxylic acids is 1. The molecule has 29 heavy (non-hydrogen) atoms. The third kappa shape index (κ3) is 3.85. The third-order valence-electron chi connectivity index (χ3n) is 4.90. The van der Waals surface area contributed by atoms with E-state index in [0.29, 0.717) is 31.1 Å². The van der Waals surface area contributed by atoms with Crippen LogP contribution in [-0.2, 0) is 4.79 Å². The number of fused-ring (bicyclic) bond motifs is 1. The number of anilines is 1. The molecule has 2 heterocycles. The molecule has 0 fully saturated rings. The van der Waals surface area contributed by atoms with Crippen molar-refractivity contribution in [2.45, 2.75) is 26.2 Å². The van der Waals surface area contributed by atoms with Gasteiger partial charge in [-0.2, -0.15) is 0 Å². The van der Waals surface area contributed by atoms with Crippen LogP contribution < -0.4 is 14.8 Å². The Morgan fingerprint density at radius 3 is 2.66 bits per heavy atom. The van der Waals surface area contributed by atoms with Crippen LogP contribution in [0.1, 0.15) is 36.6 Å². The second-order valence-corrected chi connectivity index (χ2v) is 7.69. The molecule has 0 unspecified atom stereocenters. The number of ether oxygens (including phenoxy) is 2. The number of amides is 1. The Morgan fingerprint density at radius 2 is 1.90 bits per heavy atom. The highest BCUT2D eigenvalue weighted by molar-refractivity contribution is 7.11. The number of nitrogens with one attached hydrogen (secondary N) is 1. The Morgan fingerprint density at radius 1 is 1.10 bits per heavy atom. The van der Waals surface area contributed by atoms with Gasteiger partial charge in [0.1, 0.15) is 5.82 Å². The fourth-order valence-corrected chi connectivity index (χ4v) is 4.81. The molecule has 0 saturated heterocycles. The lowest BCUT2D eigenvalue weighted by atomic mass is 9.89. The second kappa shape index (κ2) is 8.25. The summed E-state index contributed by atoms with van der Waals surface area (Å²) >= 11 is 1.58. The van der Waals surface area contributed by atoms with Crippen molar-refractivity contribution < 1.29 is 18.7 Å². The highest BCUT2D eigenvalue weighted by Gasteiger charge is 2.31. The Bertz CT molecular complexity index is 1050. The van der Waals surface area contributed by atoms with Crippen LogP contribution in [0.4, 0.5) is 10.1 Å². The lowest BCUT2D eigenvalue weighted by Gasteiger charge is -2.24. The first-order valence-electron chi connectivity index (χ1n) is 9.67. The van der Waals surface area contributed by atoms with Crippen LogP contribution in [0.25, 0.3) is 11.1 Å². The number of carbonyl (C=O) groups is 1. The zero-order valence-corrected chi connectivity index (χ0v) is 17.1. The van der Waals surface area contributed by atoms with Gasteiger partial charge in [-0.3, -0.25) is 4.79 Å². The van der Waals surface area contributed by atoms with Crippen LogP contribution in [-0.4, -0.2) is 19.1 Å². The van der Waals surface area contributed by atoms with Crippen molar-refractivity contribution in [2.24, 2.45) is 0 Å². The van der Waals surface area contributed by atoms with Gasteiger partial charge in [-0.05, 0) is 49.2 Å². The summed E-state index contributed by atoms with van der Waals surface area (Å²) in [5, 5.41) is 4.97. The number of hydrogen-bond donors (Lipinski definition) is 1. The molecular formula is C23H22FNO3S. The van der Waals surface area contributed by atoms with Crippen molar-refractivity contribution in [3.05, 3.63) is 64.1 Å². The molecule has 1 aliphatic heterocycles. The molecule has 6 heteroatoms. The smallest absolute Gasteiger partial charge is 0.225 e. The van der Waals surface area contributed by atoms with Gasteiger partial charge in [0, 0.05) is 28.2 Å². The Labute approximate surface area is 173 Å². The highest BCUT2D eigenvalue weighted by atomic mass is 32.1. The number of halogens is 1. The van der Waals surface area contributed by atoms with E-state index in [9.17, 15) is 9.18 Å². The summed E-state index contributed by atoms with van der Waals surface area (Å²) in [5.41, 5.74) is 3.37. The average molecular weight is 411 g/mol. The maximum atomic E-state index is 13.7. The fraction of sp³-hybridized carbons (Fsp3) is 0.261. The average Bonchev–Trinajstić information content (AvgIpc) is 3.13. The maximum absolute atomic E-state index is 13.7. The SMILES string of the molecule is CCOc1ccc([C@@H]2CC(=O)Nc3c(-c4cccc(F)c4)csc32)cc1OCC. The van der Waals surface area contributed by atoms with Crippen molar-refractivity contribution in [3.8, 4) is 22.6 Å². The summed E-state index contributed by atoms with van der Waals surface area (Å²) in [7, 11) is 0. The number of thiophene rings is 1. The minimum atomic E-state index is -0.297. The Hall–Kier alpha value is -2.86. The van der Waals surface area contributed by atoms with Crippen LogP contribution in [0.5, 0.6) is 11.5 Å². The molecule has 1 atom stereocenters. The number of hydrogen-bond acceptors (Lipinski definition) is 4. The maximum Gasteiger partial charge on any atom is 0.225 e. The van der Waals surface area contributed by atoms with Crippen molar-refractivity contribution in [3.63, 3.8) is 0 Å². The van der Waals surface area contributed by atoms with E-state index >= 15 is 0 Å². The molecule has 4 rings (SSSR count). The predicted octanol–water partition coefficient (Wildman–Crippen LogP) is 5.83. The molecule has 0 aliphatic carbocycles. The standard InChI is InChI=1S/C23H22FNO3S/c1-3-27-19-9-8-15(11-20(19)28-4-2)17-12-21(26)25-22-18(13-29-23(17)22)14-6-5-7-16(24)10-14/h5-11,13,17H,3-4,12H2,1-2H3,(H,25,26)/t17-/m0/s1. The monoisotopic (exact) mass is 411 g/mol. The first-order chi connectivity index (χ1) is 14.1. The zero-order chi connectivity index (χ0) is 20.4. The zero-order valence-electron chi connectivity index (χ0n) is 16.3. The van der Waals surface area contributed by atoms with E-state index in [1.165, 1.54) is 12.1 Å². The first-order valence-corrected chi connectivity index (χ1v) is 10.5. The second-order valence-electron chi connectivity index (χ2n) is 6.78. The Balaban J connectivity index is 1.76. The van der Waals surface area contributed by atoms with Crippen LogP contribution in [0.15, 0.2) is 47.8 Å². The van der Waals surface area contributed by atoms with Gasteiger partial charge in [0.2, 0.25) is 5.91 Å². The van der Waals surface area contributed by atoms with Gasteiger partial charge in [-0.25, -0.2) is 4.39 Å². The summed E-state index contributed by atoms with van der Waals surface area (Å²) in [6.45, 7) is 4.94. The van der Waals surface area contributed by atoms with Gasteiger partial charge < -0.3 is 14.8 Å². The highest BCUT2D eigenvalue weighted by Crippen LogP contribution is 2.47. The van der Waals surface area contributed by atoms with Gasteiger partial charge in [-0.1, -0.05) is 18.2 Å². The molecule has 1 amide bonds. The lowest BCUT2D eigenvalue weighted by Crippen LogP contribution is -2.22. The van der Waals surface area contributed by atoms with Gasteiger partial charge in [0.25, 0.3) is 0 Å². The van der Waals surface area contributed by atoms with Crippen molar-refractivity contribution in [1.82, 2.24) is 0 Å². The quantitative estimate of drug-likeness (QED) is 0.555. The topological polar surface area (TPSA) is 47.6 Å². The van der Waals surface area contributed by atoms with Crippen LogP contribution in [0.3, 0.4) is 0 Å². The van der Waals surface area contributed by atoms with Crippen LogP contribution in [0, 0.1) is 5.82 Å². The molecule has 0 bridgehead atoms. The minimum absolute atomic E-state index is 0.0506. The molecular weight excluding hydrogens is 389 g/mol. The lowest BCUT2D eigenvalue weighted by molar-refractivity contribution is -0.116. The van der Waals surface area contributed by atoms with Gasteiger partial charge >= 0.3 is 0 Å². The molecule has 150 valence electrons. The molecule has 0 radical (unpaired) electrons. The predicted molar refractivity (Wildman–Crippen MR) is 114 cm³/mol. The first kappa shape index (κ1) is 19.5. The summed E-state index contributed by atoms with van der Waals surface area (Å²) in [6.07, 6.45) is 0.357. The molecule has 0 spiro atoms. The summed E-state index contributed by atoms with van der Waals surface area (Å²) in [4.78, 5) is 13.6. The van der Waals surface area contributed by atoms with Crippen molar-refractivity contribution in [2.75, 3.05) is 18.5 Å². The van der Waals surface area contributed by atoms with E-state index in [0.717, 1.165) is 27.3 Å². The van der Waals surface area contributed by atoms with Gasteiger partial charge in [0.05, 0.1) is 18.9 Å². The fourth-order valence-electron chi connectivity index (χ4n) is 3.65. The van der Waals surface area contributed by atoms with Gasteiger partial charge in [-0.15, -0.1) is 11.3 Å². The number of rotatable bonds is 6. The molecule has 2 aromatic carbocycles. The van der Waals surface area contributed by atoms with E-state index in [1.807, 2.05) is 43.5 Å². The largest absolute Gasteiger partial charge is 0.490 e. The van der Waals surface area contributed by atoms with E-state index < -0.39 is 0 Å². The molecule has 1 N–H and O–H groups in total. The molecule has 4 nitrogen and oxygen atoms in total. The van der Waals surface area contributed by atoms with Crippen LogP contribution in [0.2, 0.25) is 0 Å². The minimum Gasteiger partial charge on any atom is -0.490 e. The Kier molecular flexibility index (Phi) is 5.53. The molecule has 1 aliphatic rings. The van der Waals surface area contributed by atoms with E-state index in [2.05, 4.69) is 5.32 Å². The molecule has 3 aromatic rings. The van der Waals surface area contributed by atoms with Gasteiger partial charge in [0.15, 0.2) is 11.5 Å². The summed E-state index contributed by atoms with van der Waals surface area (Å²) in [5.74, 6) is 0.951. The number of benzene rings is 2. The van der Waals surface area contributed by atoms with E-state index in [1.54, 1.807) is 17.4 Å². The third-order valence-corrected chi connectivity index (χ3v) is 5.99. The summed E-state index contributed by atoms with van der Waals surface area (Å²) < 4.78 is 25.1. The summed E-state index contributed by atoms with van der Waals surface area (Å²) in [6, 6.07) is 12.3. The van der Waals surface area contributed by atoms with Crippen molar-refractivity contribution >= 4 is 22.9 Å². The molecule has 1 aromatic heterocycles.